The molecular formula is C14H18N4O2. The second-order valence-corrected chi connectivity index (χ2v) is 5.16. The van der Waals surface area contributed by atoms with Gasteiger partial charge in [-0.3, -0.25) is 9.30 Å². The lowest BCUT2D eigenvalue weighted by molar-refractivity contribution is 0.0602. The first-order chi connectivity index (χ1) is 9.72. The van der Waals surface area contributed by atoms with E-state index in [1.165, 1.54) is 20.0 Å². The van der Waals surface area contributed by atoms with Crippen LogP contribution in [0.4, 0.5) is 0 Å². The Balaban J connectivity index is 2.07. The van der Waals surface area contributed by atoms with Gasteiger partial charge < -0.3 is 4.74 Å². The van der Waals surface area contributed by atoms with Gasteiger partial charge in [0, 0.05) is 6.20 Å². The van der Waals surface area contributed by atoms with Gasteiger partial charge in [-0.1, -0.05) is 6.42 Å². The molecule has 0 saturated carbocycles. The predicted octanol–water partition coefficient (Wildman–Crippen LogP) is 1.67. The van der Waals surface area contributed by atoms with Gasteiger partial charge in [-0.2, -0.15) is 0 Å². The highest BCUT2D eigenvalue weighted by Crippen LogP contribution is 2.28. The number of carbonyl (C=O) groups excluding carboxylic acids is 1. The first-order valence-corrected chi connectivity index (χ1v) is 6.84. The summed E-state index contributed by atoms with van der Waals surface area (Å²) in [6, 6.07) is 3.80. The van der Waals surface area contributed by atoms with Gasteiger partial charge in [0.1, 0.15) is 5.56 Å². The van der Waals surface area contributed by atoms with E-state index in [-0.39, 0.29) is 12.0 Å². The summed E-state index contributed by atoms with van der Waals surface area (Å²) in [5.41, 5.74) is 1.01. The Morgan fingerprint density at radius 1 is 1.40 bits per heavy atom. The van der Waals surface area contributed by atoms with E-state index < -0.39 is 0 Å². The van der Waals surface area contributed by atoms with Gasteiger partial charge in [-0.05, 0) is 38.6 Å². The molecule has 0 radical (unpaired) electrons. The minimum atomic E-state index is -0.383. The predicted molar refractivity (Wildman–Crippen MR) is 73.5 cm³/mol. The average Bonchev–Trinajstić information content (AvgIpc) is 2.90. The number of aromatic nitrogens is 3. The van der Waals surface area contributed by atoms with Crippen molar-refractivity contribution in [3.63, 3.8) is 0 Å². The van der Waals surface area contributed by atoms with E-state index in [4.69, 9.17) is 4.74 Å². The Hall–Kier alpha value is -1.95. The van der Waals surface area contributed by atoms with E-state index in [2.05, 4.69) is 22.1 Å². The lowest BCUT2D eigenvalue weighted by atomic mass is 10.0. The minimum Gasteiger partial charge on any atom is -0.465 e. The monoisotopic (exact) mass is 274 g/mol. The summed E-state index contributed by atoms with van der Waals surface area (Å²) >= 11 is 0. The third-order valence-electron chi connectivity index (χ3n) is 3.93. The van der Waals surface area contributed by atoms with Crippen molar-refractivity contribution >= 4 is 11.6 Å². The van der Waals surface area contributed by atoms with E-state index >= 15 is 0 Å². The van der Waals surface area contributed by atoms with Crippen molar-refractivity contribution in [2.75, 3.05) is 20.7 Å². The fraction of sp³-hybridized carbons (Fsp3) is 0.500. The standard InChI is InChI=1S/C14H18N4O2/c1-17-8-4-3-7-11(17)13-16-15-12-10(14(19)20-2)6-5-9-18(12)13/h5-6,9,11H,3-4,7-8H2,1-2H3. The zero-order valence-corrected chi connectivity index (χ0v) is 11.7. The first kappa shape index (κ1) is 13.1. The van der Waals surface area contributed by atoms with Crippen molar-refractivity contribution in [3.8, 4) is 0 Å². The molecule has 2 aromatic heterocycles. The van der Waals surface area contributed by atoms with Crippen LogP contribution in [0, 0.1) is 0 Å². The molecule has 0 aromatic carbocycles. The maximum Gasteiger partial charge on any atom is 0.341 e. The van der Waals surface area contributed by atoms with Gasteiger partial charge >= 0.3 is 5.97 Å². The molecule has 2 aromatic rings. The van der Waals surface area contributed by atoms with Crippen LogP contribution in [0.15, 0.2) is 18.3 Å². The number of esters is 1. The van der Waals surface area contributed by atoms with Crippen LogP contribution in [-0.4, -0.2) is 46.2 Å². The maximum atomic E-state index is 11.8. The van der Waals surface area contributed by atoms with Gasteiger partial charge in [0.05, 0.1) is 13.2 Å². The number of nitrogens with zero attached hydrogens (tertiary/aromatic N) is 4. The smallest absolute Gasteiger partial charge is 0.341 e. The Morgan fingerprint density at radius 2 is 2.25 bits per heavy atom. The van der Waals surface area contributed by atoms with Crippen LogP contribution in [-0.2, 0) is 4.74 Å². The molecule has 0 N–H and O–H groups in total. The fourth-order valence-corrected chi connectivity index (χ4v) is 2.83. The molecular weight excluding hydrogens is 256 g/mol. The van der Waals surface area contributed by atoms with E-state index in [0.717, 1.165) is 18.8 Å². The molecule has 106 valence electrons. The number of hydrogen-bond donors (Lipinski definition) is 0. The molecule has 1 aliphatic heterocycles. The summed E-state index contributed by atoms with van der Waals surface area (Å²) in [5.74, 6) is 0.513. The highest BCUT2D eigenvalue weighted by atomic mass is 16.5. The van der Waals surface area contributed by atoms with Gasteiger partial charge in [0.2, 0.25) is 0 Å². The third kappa shape index (κ3) is 2.06. The van der Waals surface area contributed by atoms with Crippen LogP contribution in [0.3, 0.4) is 0 Å². The zero-order valence-electron chi connectivity index (χ0n) is 11.7. The van der Waals surface area contributed by atoms with E-state index in [1.54, 1.807) is 6.07 Å². The lowest BCUT2D eigenvalue weighted by Gasteiger charge is -2.31. The van der Waals surface area contributed by atoms with Crippen LogP contribution in [0.5, 0.6) is 0 Å². The van der Waals surface area contributed by atoms with Crippen LogP contribution in [0.1, 0.15) is 41.5 Å². The lowest BCUT2D eigenvalue weighted by Crippen LogP contribution is -2.30. The molecule has 1 saturated heterocycles. The minimum absolute atomic E-state index is 0.256. The van der Waals surface area contributed by atoms with Crippen LogP contribution in [0.25, 0.3) is 5.65 Å². The number of likely N-dealkylation sites (tertiary alicyclic amines) is 1. The van der Waals surface area contributed by atoms with Gasteiger partial charge in [-0.25, -0.2) is 4.79 Å². The largest absolute Gasteiger partial charge is 0.465 e. The SMILES string of the molecule is COC(=O)c1cccn2c(C3CCCCN3C)nnc12. The van der Waals surface area contributed by atoms with E-state index in [1.807, 2.05) is 16.7 Å². The maximum absolute atomic E-state index is 11.8. The van der Waals surface area contributed by atoms with Gasteiger partial charge in [0.25, 0.3) is 0 Å². The second kappa shape index (κ2) is 5.20. The number of fused-ring (bicyclic) bond motifs is 1. The number of rotatable bonds is 2. The molecule has 0 bridgehead atoms. The molecule has 6 nitrogen and oxygen atoms in total. The first-order valence-electron chi connectivity index (χ1n) is 6.84. The Bertz CT molecular complexity index is 637. The summed E-state index contributed by atoms with van der Waals surface area (Å²) in [6.45, 7) is 1.07. The van der Waals surface area contributed by atoms with Crippen molar-refractivity contribution in [2.24, 2.45) is 0 Å². The second-order valence-electron chi connectivity index (χ2n) is 5.16. The van der Waals surface area contributed by atoms with Crippen LogP contribution < -0.4 is 0 Å². The molecule has 1 atom stereocenters. The molecule has 3 heterocycles. The third-order valence-corrected chi connectivity index (χ3v) is 3.93. The normalized spacial score (nSPS) is 20.2. The molecule has 0 spiro atoms. The van der Waals surface area contributed by atoms with Crippen LogP contribution >= 0.6 is 0 Å². The zero-order chi connectivity index (χ0) is 14.1. The number of piperidine rings is 1. The molecule has 20 heavy (non-hydrogen) atoms. The number of hydrogen-bond acceptors (Lipinski definition) is 5. The topological polar surface area (TPSA) is 59.7 Å². The molecule has 0 amide bonds. The summed E-state index contributed by atoms with van der Waals surface area (Å²) in [5, 5.41) is 8.49. The van der Waals surface area contributed by atoms with Crippen molar-refractivity contribution in [3.05, 3.63) is 29.7 Å². The Kier molecular flexibility index (Phi) is 3.40. The van der Waals surface area contributed by atoms with Crippen molar-refractivity contribution in [1.82, 2.24) is 19.5 Å². The van der Waals surface area contributed by atoms with Gasteiger partial charge in [0.15, 0.2) is 11.5 Å². The molecule has 3 rings (SSSR count). The average molecular weight is 274 g/mol. The van der Waals surface area contributed by atoms with Crippen molar-refractivity contribution < 1.29 is 9.53 Å². The molecule has 1 unspecified atom stereocenters. The Labute approximate surface area is 117 Å². The van der Waals surface area contributed by atoms with Crippen LogP contribution in [0.2, 0.25) is 0 Å². The summed E-state index contributed by atoms with van der Waals surface area (Å²) in [4.78, 5) is 14.1. The molecule has 1 aliphatic rings. The highest BCUT2D eigenvalue weighted by Gasteiger charge is 2.26. The van der Waals surface area contributed by atoms with E-state index in [9.17, 15) is 4.79 Å². The quantitative estimate of drug-likeness (QED) is 0.780. The molecule has 6 heteroatoms. The van der Waals surface area contributed by atoms with E-state index in [0.29, 0.717) is 11.2 Å². The summed E-state index contributed by atoms with van der Waals surface area (Å²) in [6.07, 6.45) is 5.39. The number of pyridine rings is 1. The molecule has 0 aliphatic carbocycles. The van der Waals surface area contributed by atoms with Crippen molar-refractivity contribution in [2.45, 2.75) is 25.3 Å². The fourth-order valence-electron chi connectivity index (χ4n) is 2.83. The van der Waals surface area contributed by atoms with Gasteiger partial charge in [-0.15, -0.1) is 10.2 Å². The number of methoxy groups -OCH3 is 1. The number of carbonyl (C=O) groups is 1. The number of ether oxygens (including phenoxy) is 1. The summed E-state index contributed by atoms with van der Waals surface area (Å²) in [7, 11) is 3.48. The summed E-state index contributed by atoms with van der Waals surface area (Å²) < 4.78 is 6.69. The molecule has 1 fully saturated rings. The highest BCUT2D eigenvalue weighted by molar-refractivity contribution is 5.95. The van der Waals surface area contributed by atoms with Crippen molar-refractivity contribution in [1.29, 1.82) is 0 Å². The Morgan fingerprint density at radius 3 is 3.00 bits per heavy atom.